The molecule has 0 saturated heterocycles. The summed E-state index contributed by atoms with van der Waals surface area (Å²) >= 11 is 0. The van der Waals surface area contributed by atoms with Crippen LogP contribution in [-0.2, 0) is 5.41 Å². The first kappa shape index (κ1) is 17.4. The third kappa shape index (κ3) is 2.92. The van der Waals surface area contributed by atoms with Gasteiger partial charge < -0.3 is 0 Å². The fourth-order valence-electron chi connectivity index (χ4n) is 4.37. The summed E-state index contributed by atoms with van der Waals surface area (Å²) in [5, 5.41) is 1.15. The highest BCUT2D eigenvalue weighted by atomic mass is 14.6. The van der Waals surface area contributed by atoms with E-state index in [0.717, 1.165) is 10.9 Å². The lowest BCUT2D eigenvalue weighted by Crippen LogP contribution is -2.30. The Hall–Kier alpha value is -3.71. The van der Waals surface area contributed by atoms with Crippen LogP contribution in [0.3, 0.4) is 0 Å². The summed E-state index contributed by atoms with van der Waals surface area (Å²) in [6, 6.07) is 43.1. The molecule has 0 atom stereocenters. The van der Waals surface area contributed by atoms with Crippen LogP contribution in [0.4, 0.5) is 0 Å². The quantitative estimate of drug-likeness (QED) is 0.324. The van der Waals surface area contributed by atoms with Crippen LogP contribution < -0.4 is 0 Å². The number of hydrogen-bond acceptors (Lipinski definition) is 1. The Labute approximate surface area is 171 Å². The molecule has 0 fully saturated rings. The van der Waals surface area contributed by atoms with Gasteiger partial charge in [-0.2, -0.15) is 0 Å². The molecule has 0 aliphatic rings. The minimum absolute atomic E-state index is 0.409. The minimum Gasteiger partial charge on any atom is -0.256 e. The monoisotopic (exact) mass is 371 g/mol. The highest BCUT2D eigenvalue weighted by molar-refractivity contribution is 5.80. The summed E-state index contributed by atoms with van der Waals surface area (Å²) in [6.45, 7) is 0. The summed E-state index contributed by atoms with van der Waals surface area (Å²) < 4.78 is 0. The molecule has 0 bridgehead atoms. The van der Waals surface area contributed by atoms with Crippen molar-refractivity contribution in [3.8, 4) is 0 Å². The molecular formula is C28H21N. The van der Waals surface area contributed by atoms with E-state index >= 15 is 0 Å². The number of hydrogen-bond donors (Lipinski definition) is 0. The lowest BCUT2D eigenvalue weighted by molar-refractivity contribution is 0.746. The zero-order valence-electron chi connectivity index (χ0n) is 16.1. The van der Waals surface area contributed by atoms with Gasteiger partial charge in [0.05, 0.1) is 10.9 Å². The normalized spacial score (nSPS) is 11.4. The maximum atomic E-state index is 4.52. The van der Waals surface area contributed by atoms with Gasteiger partial charge in [-0.3, -0.25) is 4.98 Å². The number of rotatable bonds is 4. The van der Waals surface area contributed by atoms with Crippen molar-refractivity contribution in [2.75, 3.05) is 0 Å². The van der Waals surface area contributed by atoms with E-state index in [1.54, 1.807) is 0 Å². The zero-order chi connectivity index (χ0) is 19.5. The van der Waals surface area contributed by atoms with E-state index in [1.165, 1.54) is 22.3 Å². The van der Waals surface area contributed by atoms with Gasteiger partial charge in [-0.05, 0) is 40.5 Å². The van der Waals surface area contributed by atoms with Crippen LogP contribution >= 0.6 is 0 Å². The van der Waals surface area contributed by atoms with Crippen molar-refractivity contribution in [3.63, 3.8) is 0 Å². The Kier molecular flexibility index (Phi) is 4.42. The number of aromatic nitrogens is 1. The van der Waals surface area contributed by atoms with Crippen LogP contribution in [0.15, 0.2) is 128 Å². The molecule has 0 spiro atoms. The molecule has 0 saturated carbocycles. The van der Waals surface area contributed by atoms with Gasteiger partial charge in [0.15, 0.2) is 0 Å². The van der Waals surface area contributed by atoms with Crippen LogP contribution in [-0.4, -0.2) is 4.98 Å². The standard InChI is InChI=1S/C28H21N/c1-4-12-23(13-5-1)28(24-14-6-2-7-15-24,25-16-8-3-9-17-25)26-18-19-27-22(21-26)11-10-20-29-27/h1-21H. The van der Waals surface area contributed by atoms with Gasteiger partial charge in [-0.1, -0.05) is 103 Å². The molecule has 4 aromatic carbocycles. The predicted molar refractivity (Wildman–Crippen MR) is 120 cm³/mol. The van der Waals surface area contributed by atoms with Gasteiger partial charge in [0.1, 0.15) is 0 Å². The van der Waals surface area contributed by atoms with Crippen LogP contribution in [0.1, 0.15) is 22.3 Å². The molecule has 1 aromatic heterocycles. The van der Waals surface area contributed by atoms with Crippen molar-refractivity contribution >= 4 is 10.9 Å². The second kappa shape index (κ2) is 7.37. The molecule has 0 N–H and O–H groups in total. The Morgan fingerprint density at radius 1 is 0.448 bits per heavy atom. The van der Waals surface area contributed by atoms with Gasteiger partial charge in [0.25, 0.3) is 0 Å². The van der Waals surface area contributed by atoms with Crippen LogP contribution in [0.5, 0.6) is 0 Å². The Balaban J connectivity index is 1.92. The largest absolute Gasteiger partial charge is 0.256 e. The van der Waals surface area contributed by atoms with Crippen molar-refractivity contribution in [2.24, 2.45) is 0 Å². The number of pyridine rings is 1. The zero-order valence-corrected chi connectivity index (χ0v) is 16.1. The first-order valence-corrected chi connectivity index (χ1v) is 9.91. The summed E-state index contributed by atoms with van der Waals surface area (Å²) in [6.07, 6.45) is 1.85. The van der Waals surface area contributed by atoms with E-state index in [4.69, 9.17) is 0 Å². The van der Waals surface area contributed by atoms with E-state index < -0.39 is 5.41 Å². The van der Waals surface area contributed by atoms with Crippen molar-refractivity contribution in [1.29, 1.82) is 0 Å². The summed E-state index contributed by atoms with van der Waals surface area (Å²) in [5.41, 5.74) is 5.59. The minimum atomic E-state index is -0.409. The molecule has 5 rings (SSSR count). The third-order valence-electron chi connectivity index (χ3n) is 5.66. The van der Waals surface area contributed by atoms with Crippen LogP contribution in [0, 0.1) is 0 Å². The highest BCUT2D eigenvalue weighted by Gasteiger charge is 2.38. The summed E-state index contributed by atoms with van der Waals surface area (Å²) in [5.74, 6) is 0. The summed E-state index contributed by atoms with van der Waals surface area (Å²) in [4.78, 5) is 4.52. The van der Waals surface area contributed by atoms with Crippen molar-refractivity contribution in [1.82, 2.24) is 4.98 Å². The first-order valence-electron chi connectivity index (χ1n) is 9.91. The fraction of sp³-hybridized carbons (Fsp3) is 0.0357. The van der Waals surface area contributed by atoms with Crippen molar-refractivity contribution in [2.45, 2.75) is 5.41 Å². The average molecular weight is 371 g/mol. The molecule has 1 heterocycles. The molecule has 0 amide bonds. The van der Waals surface area contributed by atoms with Gasteiger partial charge >= 0.3 is 0 Å². The molecule has 138 valence electrons. The second-order valence-corrected chi connectivity index (χ2v) is 7.26. The SMILES string of the molecule is c1ccc(C(c2ccccc2)(c2ccccc2)c2ccc3ncccc3c2)cc1. The molecule has 29 heavy (non-hydrogen) atoms. The smallest absolute Gasteiger partial charge is 0.0702 e. The van der Waals surface area contributed by atoms with E-state index in [2.05, 4.69) is 120 Å². The van der Waals surface area contributed by atoms with E-state index in [-0.39, 0.29) is 0 Å². The lowest BCUT2D eigenvalue weighted by atomic mass is 9.65. The maximum absolute atomic E-state index is 4.52. The molecule has 0 unspecified atom stereocenters. The number of nitrogens with zero attached hydrogens (tertiary/aromatic N) is 1. The molecule has 1 heteroatoms. The van der Waals surface area contributed by atoms with E-state index in [9.17, 15) is 0 Å². The Bertz CT molecular complexity index is 1130. The molecule has 0 radical (unpaired) electrons. The van der Waals surface area contributed by atoms with Crippen molar-refractivity contribution < 1.29 is 0 Å². The molecule has 5 aromatic rings. The average Bonchev–Trinajstić information content (AvgIpc) is 2.82. The Morgan fingerprint density at radius 2 is 0.966 bits per heavy atom. The van der Waals surface area contributed by atoms with Gasteiger partial charge in [0, 0.05) is 11.6 Å². The third-order valence-corrected chi connectivity index (χ3v) is 5.66. The molecule has 0 aliphatic carbocycles. The summed E-state index contributed by atoms with van der Waals surface area (Å²) in [7, 11) is 0. The van der Waals surface area contributed by atoms with Gasteiger partial charge in [-0.25, -0.2) is 0 Å². The molecule has 0 aliphatic heterocycles. The van der Waals surface area contributed by atoms with Crippen LogP contribution in [0.25, 0.3) is 10.9 Å². The molecule has 1 nitrogen and oxygen atoms in total. The first-order chi connectivity index (χ1) is 14.4. The van der Waals surface area contributed by atoms with Gasteiger partial charge in [0.2, 0.25) is 0 Å². The highest BCUT2D eigenvalue weighted by Crippen LogP contribution is 2.45. The maximum Gasteiger partial charge on any atom is 0.0702 e. The fourth-order valence-corrected chi connectivity index (χ4v) is 4.37. The van der Waals surface area contributed by atoms with Gasteiger partial charge in [-0.15, -0.1) is 0 Å². The topological polar surface area (TPSA) is 12.9 Å². The Morgan fingerprint density at radius 3 is 1.48 bits per heavy atom. The van der Waals surface area contributed by atoms with Crippen molar-refractivity contribution in [3.05, 3.63) is 150 Å². The van der Waals surface area contributed by atoms with E-state index in [1.807, 2.05) is 12.3 Å². The predicted octanol–water partition coefficient (Wildman–Crippen LogP) is 6.62. The number of benzene rings is 4. The lowest BCUT2D eigenvalue weighted by Gasteiger charge is -2.37. The second-order valence-electron chi connectivity index (χ2n) is 7.26. The number of fused-ring (bicyclic) bond motifs is 1. The van der Waals surface area contributed by atoms with E-state index in [0.29, 0.717) is 0 Å². The van der Waals surface area contributed by atoms with Crippen LogP contribution in [0.2, 0.25) is 0 Å². The molecular weight excluding hydrogens is 350 g/mol.